The molecule has 0 aromatic heterocycles. The second-order valence-corrected chi connectivity index (χ2v) is 6.37. The summed E-state index contributed by atoms with van der Waals surface area (Å²) in [4.78, 5) is 11.7. The average molecular weight is 314 g/mol. The fourth-order valence-electron chi connectivity index (χ4n) is 1.85. The van der Waals surface area contributed by atoms with Crippen molar-refractivity contribution in [2.24, 2.45) is 0 Å². The Morgan fingerprint density at radius 3 is 2.81 bits per heavy atom. The Labute approximate surface area is 121 Å². The molecule has 8 heteroatoms. The quantitative estimate of drug-likeness (QED) is 0.885. The Hall–Kier alpha value is -2.09. The molecule has 0 bridgehead atoms. The maximum atomic E-state index is 13.7. The number of nitrogens with one attached hydrogen (secondary N) is 2. The fourth-order valence-corrected chi connectivity index (χ4v) is 3.08. The van der Waals surface area contributed by atoms with Crippen LogP contribution in [0.4, 0.5) is 14.9 Å². The van der Waals surface area contributed by atoms with Gasteiger partial charge in [0.05, 0.1) is 24.1 Å². The monoisotopic (exact) mass is 314 g/mol. The Bertz CT molecular complexity index is 673. The smallest absolute Gasteiger partial charge is 0.319 e. The van der Waals surface area contributed by atoms with Crippen molar-refractivity contribution in [1.29, 1.82) is 0 Å². The van der Waals surface area contributed by atoms with Crippen LogP contribution in [-0.4, -0.2) is 32.9 Å². The number of hydrogen-bond donors (Lipinski definition) is 2. The van der Waals surface area contributed by atoms with Crippen molar-refractivity contribution < 1.29 is 22.3 Å². The van der Waals surface area contributed by atoms with Gasteiger partial charge >= 0.3 is 6.03 Å². The van der Waals surface area contributed by atoms with E-state index in [-0.39, 0.29) is 11.4 Å². The summed E-state index contributed by atoms with van der Waals surface area (Å²) in [5, 5.41) is 5.81. The van der Waals surface area contributed by atoms with Crippen LogP contribution in [0.1, 0.15) is 6.92 Å². The number of urea groups is 1. The van der Waals surface area contributed by atoms with E-state index in [1.807, 2.05) is 0 Å². The van der Waals surface area contributed by atoms with Crippen LogP contribution < -0.4 is 15.4 Å². The number of amides is 2. The van der Waals surface area contributed by atoms with Gasteiger partial charge in [0.15, 0.2) is 9.84 Å². The highest BCUT2D eigenvalue weighted by atomic mass is 32.2. The minimum absolute atomic E-state index is 0.0132. The molecule has 0 unspecified atom stereocenters. The van der Waals surface area contributed by atoms with Crippen LogP contribution in [0.15, 0.2) is 29.7 Å². The van der Waals surface area contributed by atoms with Crippen LogP contribution in [0, 0.1) is 5.82 Å². The summed E-state index contributed by atoms with van der Waals surface area (Å²) in [6.07, 6.45) is 1.38. The van der Waals surface area contributed by atoms with Gasteiger partial charge in [0, 0.05) is 11.5 Å². The summed E-state index contributed by atoms with van der Waals surface area (Å²) in [5.41, 5.74) is -0.0132. The Morgan fingerprint density at radius 2 is 2.24 bits per heavy atom. The highest BCUT2D eigenvalue weighted by Crippen LogP contribution is 2.20. The van der Waals surface area contributed by atoms with E-state index in [0.717, 1.165) is 5.41 Å². The van der Waals surface area contributed by atoms with Crippen molar-refractivity contribution in [2.45, 2.75) is 13.0 Å². The minimum Gasteiger partial charge on any atom is -0.494 e. The van der Waals surface area contributed by atoms with Crippen molar-refractivity contribution in [1.82, 2.24) is 5.32 Å². The molecule has 114 valence electrons. The molecule has 2 rings (SSSR count). The zero-order valence-electron chi connectivity index (χ0n) is 11.3. The molecule has 21 heavy (non-hydrogen) atoms. The molecule has 0 fully saturated rings. The summed E-state index contributed by atoms with van der Waals surface area (Å²) >= 11 is 0. The molecule has 1 atom stereocenters. The lowest BCUT2D eigenvalue weighted by Gasteiger charge is -2.12. The first kappa shape index (κ1) is 15.3. The van der Waals surface area contributed by atoms with Crippen LogP contribution in [-0.2, 0) is 9.84 Å². The van der Waals surface area contributed by atoms with E-state index in [1.165, 1.54) is 24.3 Å². The molecular weight excluding hydrogens is 299 g/mol. The second-order valence-electron chi connectivity index (χ2n) is 4.44. The van der Waals surface area contributed by atoms with Gasteiger partial charge in [-0.3, -0.25) is 0 Å². The summed E-state index contributed by atoms with van der Waals surface area (Å²) in [5.74, 6) is -0.455. The van der Waals surface area contributed by atoms with Gasteiger partial charge in [0.2, 0.25) is 0 Å². The maximum Gasteiger partial charge on any atom is 0.319 e. The predicted molar refractivity (Wildman–Crippen MR) is 76.4 cm³/mol. The first-order chi connectivity index (χ1) is 9.89. The third kappa shape index (κ3) is 4.19. The van der Waals surface area contributed by atoms with Crippen molar-refractivity contribution >= 4 is 21.6 Å². The molecule has 1 aliphatic heterocycles. The lowest BCUT2D eigenvalue weighted by molar-refractivity contribution is 0.251. The van der Waals surface area contributed by atoms with E-state index in [0.29, 0.717) is 12.4 Å². The lowest BCUT2D eigenvalue weighted by Crippen LogP contribution is -2.38. The zero-order valence-corrected chi connectivity index (χ0v) is 12.1. The Balaban J connectivity index is 1.95. The number of carbonyl (C=O) groups is 1. The normalized spacial score (nSPS) is 19.2. The standard InChI is InChI=1S/C13H15FN2O4S/c1-2-20-10-3-4-12(11(14)7-10)16-13(17)15-9-5-6-21(18,19)8-9/h3-7,9H,2,8H2,1H3,(H2,15,16,17)/t9-/m0/s1. The van der Waals surface area contributed by atoms with E-state index in [2.05, 4.69) is 10.6 Å². The number of anilines is 1. The topological polar surface area (TPSA) is 84.5 Å². The molecule has 2 amide bonds. The van der Waals surface area contributed by atoms with Crippen molar-refractivity contribution in [3.8, 4) is 5.75 Å². The van der Waals surface area contributed by atoms with Gasteiger partial charge in [-0.1, -0.05) is 0 Å². The third-order valence-corrected chi connectivity index (χ3v) is 4.14. The van der Waals surface area contributed by atoms with Gasteiger partial charge in [-0.2, -0.15) is 0 Å². The van der Waals surface area contributed by atoms with Gasteiger partial charge < -0.3 is 15.4 Å². The highest BCUT2D eigenvalue weighted by molar-refractivity contribution is 7.94. The van der Waals surface area contributed by atoms with Gasteiger partial charge in [0.1, 0.15) is 11.6 Å². The predicted octanol–water partition coefficient (Wildman–Crippen LogP) is 1.66. The molecule has 1 aromatic rings. The number of halogens is 1. The van der Waals surface area contributed by atoms with Crippen molar-refractivity contribution in [3.63, 3.8) is 0 Å². The lowest BCUT2D eigenvalue weighted by atomic mass is 10.3. The highest BCUT2D eigenvalue weighted by Gasteiger charge is 2.23. The summed E-state index contributed by atoms with van der Waals surface area (Å²) in [6.45, 7) is 2.19. The fraction of sp³-hybridized carbons (Fsp3) is 0.308. The first-order valence-corrected chi connectivity index (χ1v) is 8.02. The molecule has 1 aromatic carbocycles. The van der Waals surface area contributed by atoms with Crippen LogP contribution in [0.25, 0.3) is 0 Å². The number of hydrogen-bond acceptors (Lipinski definition) is 4. The number of carbonyl (C=O) groups excluding carboxylic acids is 1. The maximum absolute atomic E-state index is 13.7. The van der Waals surface area contributed by atoms with Crippen LogP contribution >= 0.6 is 0 Å². The van der Waals surface area contributed by atoms with Crippen LogP contribution in [0.5, 0.6) is 5.75 Å². The molecule has 0 aliphatic carbocycles. The van der Waals surface area contributed by atoms with E-state index in [1.54, 1.807) is 6.92 Å². The molecule has 0 saturated heterocycles. The van der Waals surface area contributed by atoms with Gasteiger partial charge in [-0.15, -0.1) is 0 Å². The number of rotatable bonds is 4. The van der Waals surface area contributed by atoms with Crippen LogP contribution in [0.2, 0.25) is 0 Å². The number of sulfone groups is 1. The minimum atomic E-state index is -3.25. The van der Waals surface area contributed by atoms with E-state index in [4.69, 9.17) is 4.74 Å². The van der Waals surface area contributed by atoms with Gasteiger partial charge in [-0.25, -0.2) is 17.6 Å². The van der Waals surface area contributed by atoms with Gasteiger partial charge in [0.25, 0.3) is 0 Å². The molecule has 1 aliphatic rings. The van der Waals surface area contributed by atoms with Crippen molar-refractivity contribution in [3.05, 3.63) is 35.5 Å². The van der Waals surface area contributed by atoms with E-state index in [9.17, 15) is 17.6 Å². The molecule has 2 N–H and O–H groups in total. The summed E-state index contributed by atoms with van der Waals surface area (Å²) in [6, 6.07) is 2.79. The zero-order chi connectivity index (χ0) is 15.5. The SMILES string of the molecule is CCOc1ccc(NC(=O)N[C@H]2C=CS(=O)(=O)C2)c(F)c1. The van der Waals surface area contributed by atoms with Crippen molar-refractivity contribution in [2.75, 3.05) is 17.7 Å². The average Bonchev–Trinajstić information content (AvgIpc) is 2.72. The van der Waals surface area contributed by atoms with Gasteiger partial charge in [-0.05, 0) is 25.1 Å². The molecule has 1 heterocycles. The second kappa shape index (κ2) is 6.13. The van der Waals surface area contributed by atoms with E-state index >= 15 is 0 Å². The summed E-state index contributed by atoms with van der Waals surface area (Å²) in [7, 11) is -3.25. The number of benzene rings is 1. The largest absolute Gasteiger partial charge is 0.494 e. The molecule has 6 nitrogen and oxygen atoms in total. The number of ether oxygens (including phenoxy) is 1. The summed E-state index contributed by atoms with van der Waals surface area (Å²) < 4.78 is 41.3. The first-order valence-electron chi connectivity index (χ1n) is 6.30. The Morgan fingerprint density at radius 1 is 1.48 bits per heavy atom. The molecule has 0 spiro atoms. The third-order valence-electron chi connectivity index (χ3n) is 2.75. The van der Waals surface area contributed by atoms with Crippen LogP contribution in [0.3, 0.4) is 0 Å². The molecule has 0 radical (unpaired) electrons. The van der Waals surface area contributed by atoms with E-state index < -0.39 is 27.7 Å². The Kier molecular flexibility index (Phi) is 4.46. The molecule has 0 saturated carbocycles. The molecular formula is C13H15FN2O4S.